The molecule has 2 unspecified atom stereocenters. The second kappa shape index (κ2) is 9.18. The molecule has 0 amide bonds. The molecule has 2 aliphatic rings. The van der Waals surface area contributed by atoms with Gasteiger partial charge in [-0.25, -0.2) is 4.39 Å². The highest BCUT2D eigenvalue weighted by Gasteiger charge is 2.36. The molecule has 2 bridgehead atoms. The highest BCUT2D eigenvalue weighted by atomic mass is 79.9. The van der Waals surface area contributed by atoms with Crippen LogP contribution in [-0.4, -0.2) is 49.6 Å². The second-order valence-electron chi connectivity index (χ2n) is 7.55. The first-order valence-corrected chi connectivity index (χ1v) is 10.5. The summed E-state index contributed by atoms with van der Waals surface area (Å²) in [5.41, 5.74) is 0.765. The van der Waals surface area contributed by atoms with Gasteiger partial charge in [-0.05, 0) is 63.3 Å². The summed E-state index contributed by atoms with van der Waals surface area (Å²) in [5, 5.41) is 6.99. The second-order valence-corrected chi connectivity index (χ2v) is 8.47. The Labute approximate surface area is 164 Å². The predicted octanol–water partition coefficient (Wildman–Crippen LogP) is 3.70. The van der Waals surface area contributed by atoms with Crippen LogP contribution >= 0.6 is 15.9 Å². The van der Waals surface area contributed by atoms with Gasteiger partial charge >= 0.3 is 0 Å². The topological polar surface area (TPSA) is 39.7 Å². The van der Waals surface area contributed by atoms with E-state index < -0.39 is 0 Å². The minimum atomic E-state index is -0.139. The molecule has 2 N–H and O–H groups in total. The maximum absolute atomic E-state index is 13.9. The van der Waals surface area contributed by atoms with Crippen LogP contribution in [0, 0.1) is 5.82 Å². The molecule has 1 aromatic carbocycles. The zero-order chi connectivity index (χ0) is 18.5. The number of guanidine groups is 1. The molecule has 1 aromatic rings. The Morgan fingerprint density at radius 2 is 2.04 bits per heavy atom. The summed E-state index contributed by atoms with van der Waals surface area (Å²) in [4.78, 5) is 6.94. The molecule has 0 radical (unpaired) electrons. The number of hydrogen-bond donors (Lipinski definition) is 2. The molecule has 144 valence electrons. The molecule has 2 saturated heterocycles. The van der Waals surface area contributed by atoms with Crippen molar-refractivity contribution < 1.29 is 4.39 Å². The van der Waals surface area contributed by atoms with Gasteiger partial charge in [-0.2, -0.15) is 0 Å². The van der Waals surface area contributed by atoms with Gasteiger partial charge in [-0.1, -0.05) is 28.4 Å². The molecular formula is C20H30BrFN4. The van der Waals surface area contributed by atoms with E-state index in [-0.39, 0.29) is 5.82 Å². The molecule has 26 heavy (non-hydrogen) atoms. The number of halogens is 2. The molecule has 0 saturated carbocycles. The van der Waals surface area contributed by atoms with Crippen molar-refractivity contribution in [1.82, 2.24) is 15.5 Å². The van der Waals surface area contributed by atoms with Gasteiger partial charge < -0.3 is 15.5 Å². The summed E-state index contributed by atoms with van der Waals surface area (Å²) in [6.45, 7) is 0.786. The van der Waals surface area contributed by atoms with E-state index in [2.05, 4.69) is 43.5 Å². The van der Waals surface area contributed by atoms with Crippen molar-refractivity contribution in [2.24, 2.45) is 4.99 Å². The Kier molecular flexibility index (Phi) is 6.92. The molecule has 0 aromatic heterocycles. The first-order valence-electron chi connectivity index (χ1n) is 9.70. The molecule has 3 rings (SSSR count). The third-order valence-corrected chi connectivity index (χ3v) is 6.33. The zero-order valence-corrected chi connectivity index (χ0v) is 17.4. The number of hydrogen-bond acceptors (Lipinski definition) is 2. The lowest BCUT2D eigenvalue weighted by molar-refractivity contribution is 0.0526. The van der Waals surface area contributed by atoms with E-state index in [1.54, 1.807) is 0 Å². The van der Waals surface area contributed by atoms with Crippen molar-refractivity contribution in [1.29, 1.82) is 0 Å². The summed E-state index contributed by atoms with van der Waals surface area (Å²) in [7, 11) is 4.10. The van der Waals surface area contributed by atoms with Crippen LogP contribution in [-0.2, 0) is 6.42 Å². The van der Waals surface area contributed by atoms with Crippen LogP contribution in [0.5, 0.6) is 0 Å². The van der Waals surface area contributed by atoms with Crippen molar-refractivity contribution in [2.45, 2.75) is 63.1 Å². The Morgan fingerprint density at radius 1 is 1.31 bits per heavy atom. The van der Waals surface area contributed by atoms with Gasteiger partial charge in [0.25, 0.3) is 0 Å². The standard InChI is InChI=1S/C20H30BrFN4/c1-23-20(24-10-4-5-14-8-9-15(21)11-19(14)22)25-16-12-17-6-3-7-18(13-16)26(17)2/h8-9,11,16-18H,3-7,10,12-13H2,1-2H3,(H2,23,24,25). The Morgan fingerprint density at radius 3 is 2.69 bits per heavy atom. The molecular weight excluding hydrogens is 395 g/mol. The summed E-state index contributed by atoms with van der Waals surface area (Å²) in [6.07, 6.45) is 7.98. The van der Waals surface area contributed by atoms with E-state index in [0.717, 1.165) is 35.4 Å². The number of nitrogens with zero attached hydrogens (tertiary/aromatic N) is 2. The largest absolute Gasteiger partial charge is 0.356 e. The number of rotatable bonds is 5. The lowest BCUT2D eigenvalue weighted by Gasteiger charge is -2.47. The minimum Gasteiger partial charge on any atom is -0.356 e. The van der Waals surface area contributed by atoms with E-state index in [1.165, 1.54) is 38.2 Å². The zero-order valence-electron chi connectivity index (χ0n) is 15.8. The summed E-state index contributed by atoms with van der Waals surface area (Å²) < 4.78 is 14.6. The maximum Gasteiger partial charge on any atom is 0.191 e. The van der Waals surface area contributed by atoms with Gasteiger partial charge in [0, 0.05) is 36.2 Å². The van der Waals surface area contributed by atoms with Crippen LogP contribution in [0.4, 0.5) is 4.39 Å². The Hall–Kier alpha value is -1.14. The van der Waals surface area contributed by atoms with E-state index in [9.17, 15) is 4.39 Å². The molecule has 2 atom stereocenters. The number of fused-ring (bicyclic) bond motifs is 2. The van der Waals surface area contributed by atoms with Crippen LogP contribution < -0.4 is 10.6 Å². The smallest absolute Gasteiger partial charge is 0.191 e. The normalized spacial score (nSPS) is 26.6. The quantitative estimate of drug-likeness (QED) is 0.429. The van der Waals surface area contributed by atoms with Gasteiger partial charge in [-0.3, -0.25) is 4.99 Å². The van der Waals surface area contributed by atoms with Crippen LogP contribution in [0.2, 0.25) is 0 Å². The molecule has 0 spiro atoms. The van der Waals surface area contributed by atoms with Crippen molar-refractivity contribution in [2.75, 3.05) is 20.6 Å². The molecule has 2 fully saturated rings. The highest BCUT2D eigenvalue weighted by molar-refractivity contribution is 9.10. The predicted molar refractivity (Wildman–Crippen MR) is 109 cm³/mol. The number of benzene rings is 1. The average molecular weight is 425 g/mol. The number of nitrogens with one attached hydrogen (secondary N) is 2. The molecule has 2 heterocycles. The summed E-state index contributed by atoms with van der Waals surface area (Å²) >= 11 is 3.30. The van der Waals surface area contributed by atoms with Crippen molar-refractivity contribution in [3.8, 4) is 0 Å². The molecule has 0 aliphatic carbocycles. The van der Waals surface area contributed by atoms with Gasteiger partial charge in [0.2, 0.25) is 0 Å². The lowest BCUT2D eigenvalue weighted by atomic mass is 9.82. The fraction of sp³-hybridized carbons (Fsp3) is 0.650. The molecule has 4 nitrogen and oxygen atoms in total. The van der Waals surface area contributed by atoms with Crippen LogP contribution in [0.25, 0.3) is 0 Å². The Bertz CT molecular complexity index is 622. The fourth-order valence-corrected chi connectivity index (χ4v) is 4.66. The number of piperidine rings is 2. The van der Waals surface area contributed by atoms with Gasteiger partial charge in [0.15, 0.2) is 5.96 Å². The van der Waals surface area contributed by atoms with Crippen LogP contribution in [0.15, 0.2) is 27.7 Å². The van der Waals surface area contributed by atoms with Crippen molar-refractivity contribution >= 4 is 21.9 Å². The van der Waals surface area contributed by atoms with E-state index in [1.807, 2.05) is 19.2 Å². The first-order chi connectivity index (χ1) is 12.6. The first kappa shape index (κ1) is 19.6. The third-order valence-electron chi connectivity index (χ3n) is 5.83. The van der Waals surface area contributed by atoms with Crippen molar-refractivity contribution in [3.05, 3.63) is 34.1 Å². The lowest BCUT2D eigenvalue weighted by Crippen LogP contribution is -2.56. The summed E-state index contributed by atoms with van der Waals surface area (Å²) in [5.74, 6) is 0.730. The maximum atomic E-state index is 13.9. The van der Waals surface area contributed by atoms with Gasteiger partial charge in [0.1, 0.15) is 5.82 Å². The van der Waals surface area contributed by atoms with Gasteiger partial charge in [0.05, 0.1) is 0 Å². The van der Waals surface area contributed by atoms with Crippen LogP contribution in [0.3, 0.4) is 0 Å². The van der Waals surface area contributed by atoms with Crippen molar-refractivity contribution in [3.63, 3.8) is 0 Å². The average Bonchev–Trinajstić information content (AvgIpc) is 2.60. The Balaban J connectivity index is 1.42. The number of aliphatic imine (C=N–C) groups is 1. The van der Waals surface area contributed by atoms with Crippen LogP contribution in [0.1, 0.15) is 44.1 Å². The minimum absolute atomic E-state index is 0.139. The summed E-state index contributed by atoms with van der Waals surface area (Å²) in [6, 6.07) is 7.18. The fourth-order valence-electron chi connectivity index (χ4n) is 4.33. The number of aryl methyl sites for hydroxylation is 1. The highest BCUT2D eigenvalue weighted by Crippen LogP contribution is 2.32. The molecule has 6 heteroatoms. The SMILES string of the molecule is CN=C(NCCCc1ccc(Br)cc1F)NC1CC2CCCC(C1)N2C. The van der Waals surface area contributed by atoms with E-state index >= 15 is 0 Å². The van der Waals surface area contributed by atoms with E-state index in [4.69, 9.17) is 0 Å². The third kappa shape index (κ3) is 4.97. The molecule has 2 aliphatic heterocycles. The monoisotopic (exact) mass is 424 g/mol. The van der Waals surface area contributed by atoms with Gasteiger partial charge in [-0.15, -0.1) is 0 Å². The van der Waals surface area contributed by atoms with E-state index in [0.29, 0.717) is 18.1 Å².